The Hall–Kier alpha value is -2.33. The van der Waals surface area contributed by atoms with Crippen LogP contribution in [0.3, 0.4) is 0 Å². The van der Waals surface area contributed by atoms with Crippen molar-refractivity contribution in [2.24, 2.45) is 0 Å². The van der Waals surface area contributed by atoms with Crippen molar-refractivity contribution in [1.82, 2.24) is 9.80 Å². The van der Waals surface area contributed by atoms with Crippen molar-refractivity contribution >= 4 is 5.91 Å². The van der Waals surface area contributed by atoms with Crippen LogP contribution in [-0.4, -0.2) is 48.0 Å². The van der Waals surface area contributed by atoms with E-state index in [0.717, 1.165) is 49.6 Å². The highest BCUT2D eigenvalue weighted by atomic mass is 16.5. The van der Waals surface area contributed by atoms with Crippen LogP contribution >= 0.6 is 0 Å². The molecule has 1 fully saturated rings. The average molecular weight is 367 g/mol. The first-order valence-corrected chi connectivity index (χ1v) is 9.85. The van der Waals surface area contributed by atoms with Crippen molar-refractivity contribution in [3.05, 3.63) is 65.2 Å². The second-order valence-electron chi connectivity index (χ2n) is 7.43. The maximum atomic E-state index is 13.0. The average Bonchev–Trinajstić information content (AvgIpc) is 2.66. The van der Waals surface area contributed by atoms with Crippen LogP contribution in [0.4, 0.5) is 0 Å². The summed E-state index contributed by atoms with van der Waals surface area (Å²) in [6.45, 7) is 10.4. The van der Waals surface area contributed by atoms with Crippen molar-refractivity contribution in [2.75, 3.05) is 26.2 Å². The Morgan fingerprint density at radius 1 is 1.00 bits per heavy atom. The smallest absolute Gasteiger partial charge is 0.263 e. The third kappa shape index (κ3) is 5.33. The first-order valence-electron chi connectivity index (χ1n) is 9.85. The zero-order chi connectivity index (χ0) is 19.2. The lowest BCUT2D eigenvalue weighted by Gasteiger charge is -2.36. The van der Waals surface area contributed by atoms with Crippen molar-refractivity contribution in [3.8, 4) is 5.75 Å². The van der Waals surface area contributed by atoms with Gasteiger partial charge in [0.05, 0.1) is 0 Å². The second kappa shape index (κ2) is 9.05. The lowest BCUT2D eigenvalue weighted by molar-refractivity contribution is -0.140. The van der Waals surface area contributed by atoms with E-state index in [1.54, 1.807) is 0 Å². The molecule has 1 heterocycles. The molecular formula is C23H30N2O2. The van der Waals surface area contributed by atoms with Crippen LogP contribution in [0.5, 0.6) is 5.75 Å². The van der Waals surface area contributed by atoms with Gasteiger partial charge >= 0.3 is 0 Å². The predicted octanol–water partition coefficient (Wildman–Crippen LogP) is 3.81. The van der Waals surface area contributed by atoms with Gasteiger partial charge in [0.15, 0.2) is 6.10 Å². The molecule has 2 aromatic carbocycles. The minimum atomic E-state index is -0.410. The largest absolute Gasteiger partial charge is 0.481 e. The molecule has 0 bridgehead atoms. The van der Waals surface area contributed by atoms with E-state index in [1.165, 1.54) is 5.56 Å². The first kappa shape index (κ1) is 19.4. The Kier molecular flexibility index (Phi) is 6.51. The molecule has 144 valence electrons. The minimum Gasteiger partial charge on any atom is -0.481 e. The molecule has 0 saturated carbocycles. The number of rotatable bonds is 6. The van der Waals surface area contributed by atoms with Crippen molar-refractivity contribution in [3.63, 3.8) is 0 Å². The van der Waals surface area contributed by atoms with Gasteiger partial charge in [-0.15, -0.1) is 0 Å². The highest BCUT2D eigenvalue weighted by Gasteiger charge is 2.28. The summed E-state index contributed by atoms with van der Waals surface area (Å²) in [5.74, 6) is 0.895. The minimum absolute atomic E-state index is 0.107. The van der Waals surface area contributed by atoms with Gasteiger partial charge in [0.2, 0.25) is 0 Å². The highest BCUT2D eigenvalue weighted by Crippen LogP contribution is 2.20. The SMILES string of the molecule is CC[C@@H](Oc1cc(C)cc(C)c1)C(=O)N1CCN(Cc2ccccc2)CC1. The Labute approximate surface area is 162 Å². The van der Waals surface area contributed by atoms with Crippen LogP contribution in [0.1, 0.15) is 30.0 Å². The van der Waals surface area contributed by atoms with E-state index in [4.69, 9.17) is 4.74 Å². The molecular weight excluding hydrogens is 336 g/mol. The summed E-state index contributed by atoms with van der Waals surface area (Å²) < 4.78 is 6.06. The van der Waals surface area contributed by atoms with Crippen LogP contribution in [0.25, 0.3) is 0 Å². The molecule has 2 aromatic rings. The van der Waals surface area contributed by atoms with Gasteiger partial charge in [0.1, 0.15) is 5.75 Å². The second-order valence-corrected chi connectivity index (χ2v) is 7.43. The number of hydrogen-bond donors (Lipinski definition) is 0. The predicted molar refractivity (Wildman–Crippen MR) is 109 cm³/mol. The number of carbonyl (C=O) groups is 1. The third-order valence-corrected chi connectivity index (χ3v) is 5.05. The van der Waals surface area contributed by atoms with Gasteiger partial charge in [-0.3, -0.25) is 9.69 Å². The number of amides is 1. The van der Waals surface area contributed by atoms with Gasteiger partial charge < -0.3 is 9.64 Å². The molecule has 0 aromatic heterocycles. The molecule has 0 radical (unpaired) electrons. The number of hydrogen-bond acceptors (Lipinski definition) is 3. The standard InChI is InChI=1S/C23H30N2O2/c1-4-22(27-21-15-18(2)14-19(3)16-21)23(26)25-12-10-24(11-13-25)17-20-8-6-5-7-9-20/h5-9,14-16,22H,4,10-13,17H2,1-3H3/t22-/m1/s1. The molecule has 0 spiro atoms. The Morgan fingerprint density at radius 2 is 1.63 bits per heavy atom. The summed E-state index contributed by atoms with van der Waals surface area (Å²) in [5, 5.41) is 0. The van der Waals surface area contributed by atoms with E-state index in [0.29, 0.717) is 6.42 Å². The molecule has 27 heavy (non-hydrogen) atoms. The summed E-state index contributed by atoms with van der Waals surface area (Å²) in [6, 6.07) is 16.6. The molecule has 0 aliphatic carbocycles. The number of ether oxygens (including phenoxy) is 1. The Balaban J connectivity index is 1.55. The molecule has 3 rings (SSSR count). The zero-order valence-corrected chi connectivity index (χ0v) is 16.6. The van der Waals surface area contributed by atoms with E-state index in [2.05, 4.69) is 49.1 Å². The number of carbonyl (C=O) groups excluding carboxylic acids is 1. The summed E-state index contributed by atoms with van der Waals surface area (Å²) in [7, 11) is 0. The van der Waals surface area contributed by atoms with E-state index >= 15 is 0 Å². The third-order valence-electron chi connectivity index (χ3n) is 5.05. The molecule has 1 atom stereocenters. The van der Waals surface area contributed by atoms with E-state index in [1.807, 2.05) is 30.0 Å². The quantitative estimate of drug-likeness (QED) is 0.779. The number of nitrogens with zero attached hydrogens (tertiary/aromatic N) is 2. The van der Waals surface area contributed by atoms with Crippen LogP contribution in [-0.2, 0) is 11.3 Å². The van der Waals surface area contributed by atoms with Crippen molar-refractivity contribution in [1.29, 1.82) is 0 Å². The summed E-state index contributed by atoms with van der Waals surface area (Å²) in [4.78, 5) is 17.3. The monoisotopic (exact) mass is 366 g/mol. The van der Waals surface area contributed by atoms with Gasteiger partial charge in [0, 0.05) is 32.7 Å². The van der Waals surface area contributed by atoms with Gasteiger partial charge in [0.25, 0.3) is 5.91 Å². The molecule has 1 amide bonds. The molecule has 1 saturated heterocycles. The topological polar surface area (TPSA) is 32.8 Å². The maximum absolute atomic E-state index is 13.0. The highest BCUT2D eigenvalue weighted by molar-refractivity contribution is 5.81. The fraction of sp³-hybridized carbons (Fsp3) is 0.435. The van der Waals surface area contributed by atoms with Gasteiger partial charge in [-0.25, -0.2) is 0 Å². The molecule has 1 aliphatic rings. The fourth-order valence-corrected chi connectivity index (χ4v) is 3.65. The van der Waals surface area contributed by atoms with Crippen LogP contribution in [0, 0.1) is 13.8 Å². The van der Waals surface area contributed by atoms with Gasteiger partial charge in [-0.05, 0) is 49.1 Å². The molecule has 4 heteroatoms. The van der Waals surface area contributed by atoms with Gasteiger partial charge in [-0.2, -0.15) is 0 Å². The normalized spacial score (nSPS) is 16.2. The number of aryl methyl sites for hydroxylation is 2. The summed E-state index contributed by atoms with van der Waals surface area (Å²) in [5.41, 5.74) is 3.63. The lowest BCUT2D eigenvalue weighted by atomic mass is 10.1. The van der Waals surface area contributed by atoms with Crippen LogP contribution < -0.4 is 4.74 Å². The fourth-order valence-electron chi connectivity index (χ4n) is 3.65. The number of benzene rings is 2. The van der Waals surface area contributed by atoms with Crippen molar-refractivity contribution < 1.29 is 9.53 Å². The van der Waals surface area contributed by atoms with E-state index in [9.17, 15) is 4.79 Å². The molecule has 0 N–H and O–H groups in total. The van der Waals surface area contributed by atoms with Crippen LogP contribution in [0.2, 0.25) is 0 Å². The Morgan fingerprint density at radius 3 is 2.22 bits per heavy atom. The maximum Gasteiger partial charge on any atom is 0.263 e. The van der Waals surface area contributed by atoms with E-state index < -0.39 is 6.10 Å². The van der Waals surface area contributed by atoms with Crippen LogP contribution in [0.15, 0.2) is 48.5 Å². The first-order chi connectivity index (χ1) is 13.0. The molecule has 4 nitrogen and oxygen atoms in total. The number of piperazine rings is 1. The lowest BCUT2D eigenvalue weighted by Crippen LogP contribution is -2.52. The van der Waals surface area contributed by atoms with E-state index in [-0.39, 0.29) is 5.91 Å². The zero-order valence-electron chi connectivity index (χ0n) is 16.6. The summed E-state index contributed by atoms with van der Waals surface area (Å²) >= 11 is 0. The van der Waals surface area contributed by atoms with Crippen molar-refractivity contribution in [2.45, 2.75) is 39.8 Å². The Bertz CT molecular complexity index is 732. The molecule has 1 aliphatic heterocycles. The molecule has 0 unspecified atom stereocenters. The summed E-state index contributed by atoms with van der Waals surface area (Å²) in [6.07, 6.45) is 0.266. The van der Waals surface area contributed by atoms with Gasteiger partial charge in [-0.1, -0.05) is 43.3 Å².